The van der Waals surface area contributed by atoms with Crippen LogP contribution in [0.2, 0.25) is 0 Å². The molecule has 0 fully saturated rings. The van der Waals surface area contributed by atoms with E-state index in [1.807, 2.05) is 24.3 Å². The molecule has 0 bridgehead atoms. The van der Waals surface area contributed by atoms with Crippen LogP contribution in [0.25, 0.3) is 17.0 Å². The number of methoxy groups -OCH3 is 1. The first-order valence-corrected chi connectivity index (χ1v) is 8.54. The van der Waals surface area contributed by atoms with E-state index in [0.717, 1.165) is 34.7 Å². The molecule has 2 aromatic carbocycles. The normalized spacial score (nSPS) is 12.2. The molecule has 0 saturated heterocycles. The molecule has 3 aromatic rings. The maximum atomic E-state index is 13.6. The Morgan fingerprint density at radius 2 is 2.00 bits per heavy atom. The fourth-order valence-electron chi connectivity index (χ4n) is 2.88. The minimum atomic E-state index is -0.917. The Balaban J connectivity index is 1.74. The predicted octanol–water partition coefficient (Wildman–Crippen LogP) is 3.36. The number of H-pyrrole nitrogens is 1. The second kappa shape index (κ2) is 8.47. The molecule has 144 valence electrons. The second-order valence-electron chi connectivity index (χ2n) is 6.15. The van der Waals surface area contributed by atoms with Gasteiger partial charge in [0, 0.05) is 41.2 Å². The third-order valence-corrected chi connectivity index (χ3v) is 4.28. The highest BCUT2D eigenvalue weighted by atomic mass is 19.1. The van der Waals surface area contributed by atoms with Crippen molar-refractivity contribution in [1.29, 1.82) is 0 Å². The lowest BCUT2D eigenvalue weighted by atomic mass is 10.0. The molecule has 0 saturated carbocycles. The smallest absolute Gasteiger partial charge is 0.328 e. The first kappa shape index (κ1) is 19.3. The number of nitrogens with one attached hydrogen (secondary N) is 2. The van der Waals surface area contributed by atoms with Crippen LogP contribution < -0.4 is 5.32 Å². The van der Waals surface area contributed by atoms with Crippen LogP contribution in [-0.2, 0) is 20.7 Å². The SMILES string of the molecule is COC(=O)[C@H](Cc1c[nH]c2ccccc12)NC(=O)C=Cc1ccc(F)cc1F. The largest absolute Gasteiger partial charge is 0.467 e. The van der Waals surface area contributed by atoms with Crippen molar-refractivity contribution in [3.8, 4) is 0 Å². The molecule has 1 aromatic heterocycles. The van der Waals surface area contributed by atoms with Gasteiger partial charge in [0.2, 0.25) is 5.91 Å². The van der Waals surface area contributed by atoms with Crippen LogP contribution in [0.4, 0.5) is 8.78 Å². The Bertz CT molecular complexity index is 1040. The van der Waals surface area contributed by atoms with Crippen LogP contribution >= 0.6 is 0 Å². The molecule has 0 aliphatic heterocycles. The van der Waals surface area contributed by atoms with Gasteiger partial charge in [0.25, 0.3) is 0 Å². The van der Waals surface area contributed by atoms with Crippen LogP contribution in [0.1, 0.15) is 11.1 Å². The molecular formula is C21H18F2N2O3. The molecule has 5 nitrogen and oxygen atoms in total. The molecule has 0 aliphatic carbocycles. The summed E-state index contributed by atoms with van der Waals surface area (Å²) >= 11 is 0. The number of fused-ring (bicyclic) bond motifs is 1. The van der Waals surface area contributed by atoms with Crippen molar-refractivity contribution in [1.82, 2.24) is 10.3 Å². The molecule has 7 heteroatoms. The maximum absolute atomic E-state index is 13.6. The number of carbonyl (C=O) groups excluding carboxylic acids is 2. The Morgan fingerprint density at radius 3 is 2.75 bits per heavy atom. The molecule has 0 radical (unpaired) electrons. The van der Waals surface area contributed by atoms with E-state index >= 15 is 0 Å². The van der Waals surface area contributed by atoms with E-state index in [2.05, 4.69) is 10.3 Å². The second-order valence-corrected chi connectivity index (χ2v) is 6.15. The van der Waals surface area contributed by atoms with Crippen LogP contribution in [0.5, 0.6) is 0 Å². The van der Waals surface area contributed by atoms with Crippen LogP contribution in [0.15, 0.2) is 54.7 Å². The number of aromatic amines is 1. The number of ether oxygens (including phenoxy) is 1. The highest BCUT2D eigenvalue weighted by Crippen LogP contribution is 2.19. The van der Waals surface area contributed by atoms with E-state index in [4.69, 9.17) is 4.74 Å². The predicted molar refractivity (Wildman–Crippen MR) is 101 cm³/mol. The van der Waals surface area contributed by atoms with Crippen molar-refractivity contribution in [3.63, 3.8) is 0 Å². The zero-order chi connectivity index (χ0) is 20.1. The third kappa shape index (κ3) is 4.43. The van der Waals surface area contributed by atoms with E-state index < -0.39 is 29.6 Å². The molecular weight excluding hydrogens is 366 g/mol. The van der Waals surface area contributed by atoms with Gasteiger partial charge < -0.3 is 15.0 Å². The van der Waals surface area contributed by atoms with Gasteiger partial charge in [-0.05, 0) is 29.8 Å². The minimum Gasteiger partial charge on any atom is -0.467 e. The molecule has 0 aliphatic rings. The Kier molecular flexibility index (Phi) is 5.84. The van der Waals surface area contributed by atoms with Gasteiger partial charge in [-0.3, -0.25) is 4.79 Å². The van der Waals surface area contributed by atoms with Gasteiger partial charge in [-0.1, -0.05) is 18.2 Å². The summed E-state index contributed by atoms with van der Waals surface area (Å²) in [6.07, 6.45) is 4.29. The molecule has 0 unspecified atom stereocenters. The Hall–Kier alpha value is -3.48. The third-order valence-electron chi connectivity index (χ3n) is 4.28. The lowest BCUT2D eigenvalue weighted by Gasteiger charge is -2.15. The molecule has 0 spiro atoms. The standard InChI is InChI=1S/C21H18F2N2O3/c1-28-21(27)19(10-14-12-24-18-5-3-2-4-16(14)18)25-20(26)9-7-13-6-8-15(22)11-17(13)23/h2-9,11-12,19,24H,10H2,1H3,(H,25,26)/t19-/m0/s1. The quantitative estimate of drug-likeness (QED) is 0.506. The number of rotatable bonds is 6. The number of aromatic nitrogens is 1. The number of carbonyl (C=O) groups is 2. The number of esters is 1. The van der Waals surface area contributed by atoms with Gasteiger partial charge in [-0.15, -0.1) is 0 Å². The van der Waals surface area contributed by atoms with E-state index in [9.17, 15) is 18.4 Å². The van der Waals surface area contributed by atoms with Gasteiger partial charge in [0.1, 0.15) is 17.7 Å². The van der Waals surface area contributed by atoms with Gasteiger partial charge in [-0.2, -0.15) is 0 Å². The average molecular weight is 384 g/mol. The van der Waals surface area contributed by atoms with Crippen molar-refractivity contribution in [2.45, 2.75) is 12.5 Å². The number of halogens is 2. The summed E-state index contributed by atoms with van der Waals surface area (Å²) in [5, 5.41) is 3.50. The fourth-order valence-corrected chi connectivity index (χ4v) is 2.88. The van der Waals surface area contributed by atoms with Crippen molar-refractivity contribution in [2.75, 3.05) is 7.11 Å². The fraction of sp³-hybridized carbons (Fsp3) is 0.143. The van der Waals surface area contributed by atoms with Crippen molar-refractivity contribution in [3.05, 3.63) is 77.5 Å². The first-order chi connectivity index (χ1) is 13.5. The van der Waals surface area contributed by atoms with Crippen molar-refractivity contribution < 1.29 is 23.1 Å². The first-order valence-electron chi connectivity index (χ1n) is 8.54. The minimum absolute atomic E-state index is 0.0581. The zero-order valence-corrected chi connectivity index (χ0v) is 15.0. The van der Waals surface area contributed by atoms with E-state index in [1.165, 1.54) is 19.3 Å². The summed E-state index contributed by atoms with van der Waals surface area (Å²) < 4.78 is 31.4. The number of hydrogen-bond donors (Lipinski definition) is 2. The number of benzene rings is 2. The molecule has 3 rings (SSSR count). The van der Waals surface area contributed by atoms with Crippen molar-refractivity contribution >= 4 is 28.9 Å². The van der Waals surface area contributed by atoms with Gasteiger partial charge in [-0.25, -0.2) is 13.6 Å². The number of hydrogen-bond acceptors (Lipinski definition) is 3. The summed E-state index contributed by atoms with van der Waals surface area (Å²) in [7, 11) is 1.24. The lowest BCUT2D eigenvalue weighted by molar-refractivity contribution is -0.144. The molecule has 28 heavy (non-hydrogen) atoms. The zero-order valence-electron chi connectivity index (χ0n) is 15.0. The summed E-state index contributed by atoms with van der Waals surface area (Å²) in [5.74, 6) is -2.69. The van der Waals surface area contributed by atoms with E-state index in [-0.39, 0.29) is 12.0 Å². The number of amides is 1. The van der Waals surface area contributed by atoms with E-state index in [0.29, 0.717) is 0 Å². The summed E-state index contributed by atoms with van der Waals surface area (Å²) in [6, 6.07) is 9.71. The monoisotopic (exact) mass is 384 g/mol. The number of para-hydroxylation sites is 1. The molecule has 1 atom stereocenters. The van der Waals surface area contributed by atoms with E-state index in [1.54, 1.807) is 6.20 Å². The van der Waals surface area contributed by atoms with Crippen LogP contribution in [-0.4, -0.2) is 30.0 Å². The molecule has 1 amide bonds. The summed E-state index contributed by atoms with van der Waals surface area (Å²) in [6.45, 7) is 0. The van der Waals surface area contributed by atoms with Crippen LogP contribution in [0, 0.1) is 11.6 Å². The topological polar surface area (TPSA) is 71.2 Å². The Morgan fingerprint density at radius 1 is 1.21 bits per heavy atom. The molecule has 1 heterocycles. The average Bonchev–Trinajstić information content (AvgIpc) is 3.09. The van der Waals surface area contributed by atoms with Gasteiger partial charge in [0.15, 0.2) is 0 Å². The van der Waals surface area contributed by atoms with Gasteiger partial charge >= 0.3 is 5.97 Å². The highest BCUT2D eigenvalue weighted by molar-refractivity contribution is 5.95. The van der Waals surface area contributed by atoms with Gasteiger partial charge in [0.05, 0.1) is 7.11 Å². The summed E-state index contributed by atoms with van der Waals surface area (Å²) in [5.41, 5.74) is 1.82. The lowest BCUT2D eigenvalue weighted by Crippen LogP contribution is -2.42. The summed E-state index contributed by atoms with van der Waals surface area (Å²) in [4.78, 5) is 27.4. The highest BCUT2D eigenvalue weighted by Gasteiger charge is 2.22. The Labute approximate surface area is 160 Å². The van der Waals surface area contributed by atoms with Crippen molar-refractivity contribution in [2.24, 2.45) is 0 Å². The maximum Gasteiger partial charge on any atom is 0.328 e. The molecule has 2 N–H and O–H groups in total. The van der Waals surface area contributed by atoms with Crippen LogP contribution in [0.3, 0.4) is 0 Å².